The number of carbonyl (C=O) groups excluding carboxylic acids is 6. The van der Waals surface area contributed by atoms with Crippen molar-refractivity contribution in [3.8, 4) is 0 Å². The fraction of sp³-hybridized carbons (Fsp3) is 0.800. The predicted molar refractivity (Wildman–Crippen MR) is 200 cm³/mol. The molecule has 0 aromatic carbocycles. The Kier molecular flexibility index (Phi) is 19.4. The molecule has 0 spiro atoms. The number of ether oxygens (including phenoxy) is 2. The predicted octanol–water partition coefficient (Wildman–Crippen LogP) is 1.01. The Hall–Kier alpha value is -2.26. The summed E-state index contributed by atoms with van der Waals surface area (Å²) in [6.07, 6.45) is -2.33. The van der Waals surface area contributed by atoms with Gasteiger partial charge >= 0.3 is 27.4 Å². The molecule has 310 valence electrons. The lowest BCUT2D eigenvalue weighted by atomic mass is 9.87. The fourth-order valence-corrected chi connectivity index (χ4v) is 10.4. The quantitative estimate of drug-likeness (QED) is 0.0407. The molecule has 0 aliphatic carbocycles. The van der Waals surface area contributed by atoms with Crippen LogP contribution in [-0.2, 0) is 65.5 Å². The topological polar surface area (TPSA) is 264 Å². The average molecular weight is 849 g/mol. The van der Waals surface area contributed by atoms with Crippen LogP contribution in [-0.4, -0.2) is 125 Å². The van der Waals surface area contributed by atoms with E-state index in [4.69, 9.17) is 18.1 Å². The van der Waals surface area contributed by atoms with Gasteiger partial charge in [-0.2, -0.15) is 0 Å². The van der Waals surface area contributed by atoms with Crippen LogP contribution in [0.1, 0.15) is 54.4 Å². The first-order valence-corrected chi connectivity index (χ1v) is 22.7. The van der Waals surface area contributed by atoms with Crippen molar-refractivity contribution in [3.63, 3.8) is 0 Å². The zero-order valence-corrected chi connectivity index (χ0v) is 35.2. The highest BCUT2D eigenvalue weighted by molar-refractivity contribution is 8.76. The largest absolute Gasteiger partial charge is 0.468 e. The SMILES string of the molecule is COC(=O)[C@H](C)NP1(=O)OCC(C)(C)[C@H](C(=O)NCCC(=O)NCCSSCCNC(=O)CCNC(=O)[C@@H]2OP(=O)(N[C@@H](C)C(=O)OC)OCC2(C)C)O1. The number of rotatable bonds is 21. The molecule has 2 aliphatic heterocycles. The van der Waals surface area contributed by atoms with Crippen LogP contribution in [0.3, 0.4) is 0 Å². The summed E-state index contributed by atoms with van der Waals surface area (Å²) in [6, 6.07) is -2.00. The van der Waals surface area contributed by atoms with Gasteiger partial charge in [-0.05, 0) is 13.8 Å². The average Bonchev–Trinajstić information content (AvgIpc) is 3.10. The molecule has 6 atom stereocenters. The van der Waals surface area contributed by atoms with Crippen LogP contribution in [0.4, 0.5) is 0 Å². The molecule has 0 aromatic rings. The fourth-order valence-electron chi connectivity index (χ4n) is 4.69. The molecule has 0 aromatic heterocycles. The van der Waals surface area contributed by atoms with Gasteiger partial charge in [-0.25, -0.2) is 19.3 Å². The van der Waals surface area contributed by atoms with Crippen molar-refractivity contribution in [1.29, 1.82) is 0 Å². The van der Waals surface area contributed by atoms with E-state index < -0.39 is 74.4 Å². The Labute approximate surface area is 323 Å². The molecule has 20 nitrogen and oxygen atoms in total. The number of esters is 2. The van der Waals surface area contributed by atoms with E-state index in [1.54, 1.807) is 27.7 Å². The molecule has 2 heterocycles. The van der Waals surface area contributed by atoms with Crippen molar-refractivity contribution in [2.45, 2.75) is 78.7 Å². The molecule has 0 radical (unpaired) electrons. The normalized spacial score (nSPS) is 25.6. The highest BCUT2D eigenvalue weighted by atomic mass is 33.1. The van der Waals surface area contributed by atoms with Crippen LogP contribution in [0, 0.1) is 10.8 Å². The van der Waals surface area contributed by atoms with Gasteiger partial charge in [0, 0.05) is 61.4 Å². The first-order chi connectivity index (χ1) is 25.2. The van der Waals surface area contributed by atoms with Gasteiger partial charge in [-0.3, -0.25) is 46.9 Å². The van der Waals surface area contributed by atoms with E-state index in [-0.39, 0.29) is 51.0 Å². The van der Waals surface area contributed by atoms with Crippen molar-refractivity contribution in [2.24, 2.45) is 10.8 Å². The van der Waals surface area contributed by atoms with E-state index in [0.29, 0.717) is 24.6 Å². The minimum atomic E-state index is -3.99. The van der Waals surface area contributed by atoms with Crippen LogP contribution >= 0.6 is 37.1 Å². The van der Waals surface area contributed by atoms with Gasteiger partial charge in [0.15, 0.2) is 12.2 Å². The van der Waals surface area contributed by atoms with Crippen LogP contribution in [0.25, 0.3) is 0 Å². The lowest BCUT2D eigenvalue weighted by molar-refractivity contribution is -0.144. The Morgan fingerprint density at radius 2 is 1.00 bits per heavy atom. The highest BCUT2D eigenvalue weighted by Gasteiger charge is 2.50. The summed E-state index contributed by atoms with van der Waals surface area (Å²) in [4.78, 5) is 73.7. The first kappa shape index (κ1) is 47.9. The molecule has 54 heavy (non-hydrogen) atoms. The molecule has 2 aliphatic rings. The lowest BCUT2D eigenvalue weighted by Gasteiger charge is -2.40. The van der Waals surface area contributed by atoms with Crippen LogP contribution in [0.15, 0.2) is 0 Å². The molecule has 24 heteroatoms. The van der Waals surface area contributed by atoms with E-state index in [9.17, 15) is 37.9 Å². The van der Waals surface area contributed by atoms with Gasteiger partial charge < -0.3 is 30.7 Å². The van der Waals surface area contributed by atoms with E-state index in [2.05, 4.69) is 40.9 Å². The zero-order chi connectivity index (χ0) is 40.7. The maximum atomic E-state index is 13.0. The van der Waals surface area contributed by atoms with Gasteiger partial charge in [0.25, 0.3) is 0 Å². The van der Waals surface area contributed by atoms with Crippen molar-refractivity contribution in [2.75, 3.05) is 65.1 Å². The second-order valence-electron chi connectivity index (χ2n) is 13.7. The third-order valence-electron chi connectivity index (χ3n) is 7.81. The molecular weight excluding hydrogens is 794 g/mol. The summed E-state index contributed by atoms with van der Waals surface area (Å²) in [5.41, 5.74) is -1.68. The van der Waals surface area contributed by atoms with Crippen molar-refractivity contribution in [1.82, 2.24) is 31.4 Å². The summed E-state index contributed by atoms with van der Waals surface area (Å²) >= 11 is 0. The summed E-state index contributed by atoms with van der Waals surface area (Å²) in [5, 5.41) is 15.7. The Balaban J connectivity index is 1.58. The van der Waals surface area contributed by atoms with E-state index in [1.165, 1.54) is 49.7 Å². The van der Waals surface area contributed by atoms with Gasteiger partial charge in [-0.1, -0.05) is 49.3 Å². The molecule has 6 N–H and O–H groups in total. The van der Waals surface area contributed by atoms with Gasteiger partial charge in [0.05, 0.1) is 27.4 Å². The van der Waals surface area contributed by atoms with Gasteiger partial charge in [0.2, 0.25) is 23.6 Å². The van der Waals surface area contributed by atoms with Gasteiger partial charge in [-0.15, -0.1) is 0 Å². The van der Waals surface area contributed by atoms with E-state index >= 15 is 0 Å². The maximum absolute atomic E-state index is 13.0. The molecule has 0 bridgehead atoms. The van der Waals surface area contributed by atoms with E-state index in [1.807, 2.05) is 0 Å². The third-order valence-corrected chi connectivity index (χ3v) is 13.5. The molecule has 4 amide bonds. The van der Waals surface area contributed by atoms with Crippen molar-refractivity contribution >= 4 is 72.6 Å². The lowest BCUT2D eigenvalue weighted by Crippen LogP contribution is -2.51. The minimum absolute atomic E-state index is 0.00314. The number of hydrogen-bond acceptors (Lipinski definition) is 16. The molecule has 2 fully saturated rings. The van der Waals surface area contributed by atoms with Crippen molar-refractivity contribution in [3.05, 3.63) is 0 Å². The third kappa shape index (κ3) is 15.7. The molecule has 2 unspecified atom stereocenters. The number of nitrogens with one attached hydrogen (secondary N) is 6. The molecule has 2 rings (SSSR count). The molecular formula is C30H54N6O14P2S2. The first-order valence-electron chi connectivity index (χ1n) is 17.1. The summed E-state index contributed by atoms with van der Waals surface area (Å²) in [7, 11) is -2.62. The highest BCUT2D eigenvalue weighted by Crippen LogP contribution is 2.54. The number of amides is 4. The van der Waals surface area contributed by atoms with Crippen LogP contribution in [0.2, 0.25) is 0 Å². The summed E-state index contributed by atoms with van der Waals surface area (Å²) in [6.45, 7) is 10.3. The maximum Gasteiger partial charge on any atom is 0.407 e. The standard InChI is InChI=1S/C30H54N6O14P2S2/c1-19(27(41)45-7)35-51(43)47-17-29(3,4)23(49-51)25(39)33-11-9-21(37)31-13-15-53-54-16-14-32-22(38)10-12-34-26(40)24-30(5,6)18-48-52(44,50-24)36-20(2)28(42)46-8/h19-20,23-24H,9-18H2,1-8H3,(H,31,37)(H,32,38)(H,33,39)(H,34,40)(H,35,43)(H,36,44)/t19-,20-,23-,24-,51?,52?/m0/s1. The summed E-state index contributed by atoms with van der Waals surface area (Å²) < 4.78 is 57.0. The monoisotopic (exact) mass is 848 g/mol. The van der Waals surface area contributed by atoms with Gasteiger partial charge in [0.1, 0.15) is 12.1 Å². The Morgan fingerprint density at radius 1 is 0.648 bits per heavy atom. The van der Waals surface area contributed by atoms with Crippen LogP contribution in [0.5, 0.6) is 0 Å². The Bertz CT molecular complexity index is 1340. The van der Waals surface area contributed by atoms with E-state index in [0.717, 1.165) is 0 Å². The molecule has 2 saturated heterocycles. The number of carbonyl (C=O) groups is 6. The molecule has 0 saturated carbocycles. The second-order valence-corrected chi connectivity index (χ2v) is 19.8. The smallest absolute Gasteiger partial charge is 0.407 e. The number of hydrogen-bond donors (Lipinski definition) is 6. The van der Waals surface area contributed by atoms with Crippen molar-refractivity contribution < 1.29 is 65.5 Å². The Morgan fingerprint density at radius 3 is 1.33 bits per heavy atom. The number of methoxy groups -OCH3 is 2. The zero-order valence-electron chi connectivity index (χ0n) is 31.8. The minimum Gasteiger partial charge on any atom is -0.468 e. The second kappa shape index (κ2) is 21.9. The summed E-state index contributed by atoms with van der Waals surface area (Å²) in [5.74, 6) is -1.88. The van der Waals surface area contributed by atoms with Crippen LogP contribution < -0.4 is 31.4 Å².